The fraction of sp³-hybridized carbons (Fsp3) is 0.259. The molecule has 5 rings (SSSR count). The van der Waals surface area contributed by atoms with Gasteiger partial charge in [-0.15, -0.1) is 0 Å². The van der Waals surface area contributed by atoms with E-state index in [4.69, 9.17) is 0 Å². The van der Waals surface area contributed by atoms with E-state index >= 15 is 0 Å². The van der Waals surface area contributed by atoms with Gasteiger partial charge in [0.25, 0.3) is 0 Å². The first-order valence-corrected chi connectivity index (χ1v) is 15.1. The van der Waals surface area contributed by atoms with Crippen LogP contribution in [0.4, 0.5) is 4.39 Å². The van der Waals surface area contributed by atoms with Gasteiger partial charge in [0.2, 0.25) is 10.0 Å². The van der Waals surface area contributed by atoms with Crippen LogP contribution in [0.15, 0.2) is 88.8 Å². The van der Waals surface area contributed by atoms with Crippen LogP contribution in [0.5, 0.6) is 0 Å². The van der Waals surface area contributed by atoms with Gasteiger partial charge in [0.1, 0.15) is 5.82 Å². The Morgan fingerprint density at radius 3 is 2.19 bits per heavy atom. The number of halogens is 1. The number of sulfone groups is 1. The number of hydrogen-bond donors (Lipinski definition) is 0. The van der Waals surface area contributed by atoms with Gasteiger partial charge < -0.3 is 4.57 Å². The van der Waals surface area contributed by atoms with Crippen LogP contribution in [0, 0.1) is 5.82 Å². The minimum Gasteiger partial charge on any atom is -0.343 e. The quantitative estimate of drug-likeness (QED) is 0.362. The molecular formula is C27H27FN2O4S2. The van der Waals surface area contributed by atoms with E-state index in [1.165, 1.54) is 40.2 Å². The number of para-hydroxylation sites is 1. The Kier molecular flexibility index (Phi) is 6.48. The number of aromatic nitrogens is 1. The summed E-state index contributed by atoms with van der Waals surface area (Å²) in [6, 6.07) is 20.1. The molecule has 0 radical (unpaired) electrons. The molecule has 1 aliphatic rings. The average molecular weight is 527 g/mol. The number of sulfonamides is 1. The molecule has 1 fully saturated rings. The third kappa shape index (κ3) is 4.83. The van der Waals surface area contributed by atoms with Crippen LogP contribution in [0.2, 0.25) is 0 Å². The molecule has 9 heteroatoms. The summed E-state index contributed by atoms with van der Waals surface area (Å²) in [5.41, 5.74) is 3.12. The normalized spacial score (nSPS) is 15.9. The van der Waals surface area contributed by atoms with Crippen molar-refractivity contribution in [2.24, 2.45) is 0 Å². The van der Waals surface area contributed by atoms with Crippen molar-refractivity contribution >= 4 is 30.8 Å². The molecule has 2 heterocycles. The first kappa shape index (κ1) is 24.7. The molecule has 0 saturated carbocycles. The number of piperidine rings is 1. The lowest BCUT2D eigenvalue weighted by atomic mass is 9.90. The van der Waals surface area contributed by atoms with Crippen molar-refractivity contribution in [3.8, 4) is 0 Å². The summed E-state index contributed by atoms with van der Waals surface area (Å²) < 4.78 is 67.1. The molecule has 0 atom stereocenters. The molecule has 0 aliphatic carbocycles. The minimum absolute atomic E-state index is 0.0924. The summed E-state index contributed by atoms with van der Waals surface area (Å²) in [7, 11) is -7.11. The summed E-state index contributed by atoms with van der Waals surface area (Å²) in [4.78, 5) is 0.190. The molecule has 0 N–H and O–H groups in total. The van der Waals surface area contributed by atoms with E-state index in [1.54, 1.807) is 12.1 Å². The fourth-order valence-electron chi connectivity index (χ4n) is 4.98. The maximum absolute atomic E-state index is 13.7. The third-order valence-corrected chi connectivity index (χ3v) is 9.89. The monoisotopic (exact) mass is 526 g/mol. The van der Waals surface area contributed by atoms with Crippen molar-refractivity contribution in [3.05, 3.63) is 95.9 Å². The van der Waals surface area contributed by atoms with Crippen molar-refractivity contribution in [2.75, 3.05) is 19.3 Å². The van der Waals surface area contributed by atoms with E-state index in [-0.39, 0.29) is 21.5 Å². The van der Waals surface area contributed by atoms with Crippen molar-refractivity contribution in [1.82, 2.24) is 8.87 Å². The molecule has 3 aromatic carbocycles. The predicted molar refractivity (Wildman–Crippen MR) is 138 cm³/mol. The Labute approximate surface area is 211 Å². The molecular weight excluding hydrogens is 499 g/mol. The van der Waals surface area contributed by atoms with Gasteiger partial charge in [0.05, 0.1) is 9.79 Å². The first-order valence-electron chi connectivity index (χ1n) is 11.8. The van der Waals surface area contributed by atoms with Crippen LogP contribution in [-0.2, 0) is 26.4 Å². The maximum Gasteiger partial charge on any atom is 0.243 e. The van der Waals surface area contributed by atoms with E-state index in [2.05, 4.69) is 22.9 Å². The van der Waals surface area contributed by atoms with Crippen molar-refractivity contribution < 1.29 is 21.2 Å². The van der Waals surface area contributed by atoms with Crippen molar-refractivity contribution in [2.45, 2.75) is 35.1 Å². The molecule has 0 unspecified atom stereocenters. The van der Waals surface area contributed by atoms with Crippen LogP contribution in [-0.4, -0.2) is 45.1 Å². The van der Waals surface area contributed by atoms with Gasteiger partial charge in [-0.1, -0.05) is 30.3 Å². The number of nitrogens with zero attached hydrogens (tertiary/aromatic N) is 2. The highest BCUT2D eigenvalue weighted by molar-refractivity contribution is 7.90. The van der Waals surface area contributed by atoms with Gasteiger partial charge in [0, 0.05) is 43.0 Å². The van der Waals surface area contributed by atoms with Crippen molar-refractivity contribution in [1.29, 1.82) is 0 Å². The van der Waals surface area contributed by atoms with Gasteiger partial charge >= 0.3 is 0 Å². The van der Waals surface area contributed by atoms with Gasteiger partial charge in [-0.2, -0.15) is 4.31 Å². The second-order valence-corrected chi connectivity index (χ2v) is 13.2. The van der Waals surface area contributed by atoms with Crippen LogP contribution >= 0.6 is 0 Å². The smallest absolute Gasteiger partial charge is 0.243 e. The highest BCUT2D eigenvalue weighted by Gasteiger charge is 2.31. The van der Waals surface area contributed by atoms with Gasteiger partial charge in [-0.05, 0) is 72.4 Å². The molecule has 1 aromatic heterocycles. The second-order valence-electron chi connectivity index (χ2n) is 9.28. The zero-order valence-electron chi connectivity index (χ0n) is 19.8. The highest BCUT2D eigenvalue weighted by atomic mass is 32.2. The number of fused-ring (bicyclic) bond motifs is 1. The van der Waals surface area contributed by atoms with Crippen LogP contribution < -0.4 is 0 Å². The zero-order chi connectivity index (χ0) is 25.5. The molecule has 1 saturated heterocycles. The highest BCUT2D eigenvalue weighted by Crippen LogP contribution is 2.36. The molecule has 36 heavy (non-hydrogen) atoms. The molecule has 0 spiro atoms. The summed E-state index contributed by atoms with van der Waals surface area (Å²) in [5, 5.41) is 1.13. The largest absolute Gasteiger partial charge is 0.343 e. The van der Waals surface area contributed by atoms with E-state index < -0.39 is 19.9 Å². The Balaban J connectivity index is 1.36. The summed E-state index contributed by atoms with van der Waals surface area (Å²) in [6.45, 7) is 1.31. The third-order valence-electron chi connectivity index (χ3n) is 6.84. The average Bonchev–Trinajstić information content (AvgIpc) is 3.22. The molecule has 0 amide bonds. The SMILES string of the molecule is CS(=O)(=O)c1ccc(S(=O)(=O)N2CCC(c3cn(Cc4cccc(F)c4)c4ccccc34)CC2)cc1. The number of rotatable bonds is 6. The Hall–Kier alpha value is -3.01. The second kappa shape index (κ2) is 9.46. The summed E-state index contributed by atoms with van der Waals surface area (Å²) in [5.74, 6) is -0.0635. The Morgan fingerprint density at radius 1 is 0.861 bits per heavy atom. The van der Waals surface area contributed by atoms with Crippen LogP contribution in [0.3, 0.4) is 0 Å². The zero-order valence-corrected chi connectivity index (χ0v) is 21.5. The van der Waals surface area contributed by atoms with Crippen LogP contribution in [0.25, 0.3) is 10.9 Å². The molecule has 6 nitrogen and oxygen atoms in total. The van der Waals surface area contributed by atoms with Crippen molar-refractivity contribution in [3.63, 3.8) is 0 Å². The topological polar surface area (TPSA) is 76.4 Å². The number of hydrogen-bond acceptors (Lipinski definition) is 4. The lowest BCUT2D eigenvalue weighted by molar-refractivity contribution is 0.320. The fourth-order valence-corrected chi connectivity index (χ4v) is 7.08. The Morgan fingerprint density at radius 2 is 1.53 bits per heavy atom. The lowest BCUT2D eigenvalue weighted by Gasteiger charge is -2.31. The first-order chi connectivity index (χ1) is 17.1. The predicted octanol–water partition coefficient (Wildman–Crippen LogP) is 4.80. The van der Waals surface area contributed by atoms with E-state index in [9.17, 15) is 21.2 Å². The van der Waals surface area contributed by atoms with Crippen LogP contribution in [0.1, 0.15) is 29.9 Å². The van der Waals surface area contributed by atoms with E-state index in [0.717, 1.165) is 22.7 Å². The summed E-state index contributed by atoms with van der Waals surface area (Å²) in [6.07, 6.45) is 4.56. The number of benzene rings is 3. The minimum atomic E-state index is -3.71. The molecule has 1 aliphatic heterocycles. The molecule has 4 aromatic rings. The van der Waals surface area contributed by atoms with Gasteiger partial charge in [0.15, 0.2) is 9.84 Å². The Bertz CT molecular complexity index is 1620. The lowest BCUT2D eigenvalue weighted by Crippen LogP contribution is -2.37. The van der Waals surface area contributed by atoms with Gasteiger partial charge in [-0.3, -0.25) is 0 Å². The van der Waals surface area contributed by atoms with E-state index in [1.807, 2.05) is 18.2 Å². The molecule has 0 bridgehead atoms. The maximum atomic E-state index is 13.7. The summed E-state index contributed by atoms with van der Waals surface area (Å²) >= 11 is 0. The van der Waals surface area contributed by atoms with Gasteiger partial charge in [-0.25, -0.2) is 21.2 Å². The molecule has 188 valence electrons. The standard InChI is InChI=1S/C27H27FN2O4S2/c1-35(31,32)23-9-11-24(12-10-23)36(33,34)30-15-13-21(14-16-30)26-19-29(27-8-3-2-7-25(26)27)18-20-5-4-6-22(28)17-20/h2-12,17,19,21H,13-16,18H2,1H3. The van der Waals surface area contributed by atoms with E-state index in [0.29, 0.717) is 32.5 Å².